The highest BCUT2D eigenvalue weighted by Crippen LogP contribution is 2.34. The van der Waals surface area contributed by atoms with Crippen LogP contribution in [-0.4, -0.2) is 60.7 Å². The van der Waals surface area contributed by atoms with Gasteiger partial charge in [0, 0.05) is 50.0 Å². The summed E-state index contributed by atoms with van der Waals surface area (Å²) in [6.45, 7) is 6.87. The van der Waals surface area contributed by atoms with Crippen molar-refractivity contribution in [1.82, 2.24) is 19.8 Å². The van der Waals surface area contributed by atoms with Gasteiger partial charge in [0.05, 0.1) is 17.0 Å². The van der Waals surface area contributed by atoms with Gasteiger partial charge >= 0.3 is 5.97 Å². The van der Waals surface area contributed by atoms with Crippen molar-refractivity contribution < 1.29 is 19.2 Å². The number of hydrogen-bond acceptors (Lipinski definition) is 7. The standard InChI is InChI=1S/C30H34N4O4SSi/c1-33(21-37-2)30(36)25-11-6-7-12-28(25)39-23-14-15-24-26(16-13-22-10-8-9-18-31-22)32-34(27(24)20-23)38-29(35)17-19-40(3,4)5/h6-16,18,20H,17,19,21H2,1-5H3/b16-13+. The van der Waals surface area contributed by atoms with E-state index in [2.05, 4.69) is 29.7 Å². The van der Waals surface area contributed by atoms with Gasteiger partial charge in [-0.3, -0.25) is 9.78 Å². The summed E-state index contributed by atoms with van der Waals surface area (Å²) in [6, 6.07) is 19.8. The molecule has 4 rings (SSSR count). The first kappa shape index (κ1) is 29.3. The highest BCUT2D eigenvalue weighted by Gasteiger charge is 2.20. The summed E-state index contributed by atoms with van der Waals surface area (Å²) in [5.41, 5.74) is 2.70. The zero-order chi connectivity index (χ0) is 28.7. The van der Waals surface area contributed by atoms with E-state index >= 15 is 0 Å². The molecule has 0 fully saturated rings. The molecule has 208 valence electrons. The van der Waals surface area contributed by atoms with Crippen molar-refractivity contribution in [3.8, 4) is 0 Å². The number of ether oxygens (including phenoxy) is 1. The molecule has 0 spiro atoms. The predicted molar refractivity (Wildman–Crippen MR) is 162 cm³/mol. The number of rotatable bonds is 11. The lowest BCUT2D eigenvalue weighted by molar-refractivity contribution is -0.144. The summed E-state index contributed by atoms with van der Waals surface area (Å²) in [4.78, 5) is 40.4. The average molecular weight is 575 g/mol. The quantitative estimate of drug-likeness (QED) is 0.158. The van der Waals surface area contributed by atoms with Crippen LogP contribution in [0.3, 0.4) is 0 Å². The van der Waals surface area contributed by atoms with Gasteiger partial charge in [-0.15, -0.1) is 5.10 Å². The minimum atomic E-state index is -1.41. The van der Waals surface area contributed by atoms with Crippen molar-refractivity contribution in [2.45, 2.75) is 41.9 Å². The van der Waals surface area contributed by atoms with Crippen LogP contribution in [0.2, 0.25) is 25.7 Å². The lowest BCUT2D eigenvalue weighted by Gasteiger charge is -2.17. The van der Waals surface area contributed by atoms with Gasteiger partial charge in [-0.25, -0.2) is 4.79 Å². The summed E-state index contributed by atoms with van der Waals surface area (Å²) in [6.07, 6.45) is 5.81. The van der Waals surface area contributed by atoms with Gasteiger partial charge in [0.25, 0.3) is 5.91 Å². The maximum atomic E-state index is 13.0. The van der Waals surface area contributed by atoms with Crippen LogP contribution < -0.4 is 4.84 Å². The fraction of sp³-hybridized carbons (Fsp3) is 0.267. The smallest absolute Gasteiger partial charge is 0.334 e. The Labute approximate surface area is 240 Å². The molecule has 10 heteroatoms. The minimum absolute atomic E-state index is 0.130. The van der Waals surface area contributed by atoms with Gasteiger partial charge in [0.15, 0.2) is 0 Å². The molecule has 2 heterocycles. The van der Waals surface area contributed by atoms with Crippen LogP contribution in [0, 0.1) is 0 Å². The Balaban J connectivity index is 1.68. The molecular formula is C30H34N4O4SSi. The number of nitrogens with zero attached hydrogens (tertiary/aromatic N) is 4. The molecule has 40 heavy (non-hydrogen) atoms. The van der Waals surface area contributed by atoms with E-state index < -0.39 is 8.07 Å². The molecular weight excluding hydrogens is 541 g/mol. The van der Waals surface area contributed by atoms with Crippen molar-refractivity contribution in [1.29, 1.82) is 0 Å². The van der Waals surface area contributed by atoms with E-state index in [1.807, 2.05) is 66.7 Å². The van der Waals surface area contributed by atoms with Crippen LogP contribution in [0.15, 0.2) is 76.7 Å². The summed E-state index contributed by atoms with van der Waals surface area (Å²) < 4.78 is 5.12. The lowest BCUT2D eigenvalue weighted by atomic mass is 10.2. The van der Waals surface area contributed by atoms with Crippen LogP contribution in [0.5, 0.6) is 0 Å². The first-order valence-electron chi connectivity index (χ1n) is 13.0. The number of carbonyl (C=O) groups excluding carboxylic acids is 2. The molecule has 0 radical (unpaired) electrons. The molecule has 0 bridgehead atoms. The Bertz CT molecular complexity index is 1520. The largest absolute Gasteiger partial charge is 0.364 e. The predicted octanol–water partition coefficient (Wildman–Crippen LogP) is 6.11. The van der Waals surface area contributed by atoms with E-state index in [-0.39, 0.29) is 18.6 Å². The molecule has 0 unspecified atom stereocenters. The van der Waals surface area contributed by atoms with Crippen LogP contribution in [0.4, 0.5) is 0 Å². The van der Waals surface area contributed by atoms with Crippen LogP contribution in [0.1, 0.15) is 28.2 Å². The van der Waals surface area contributed by atoms with Crippen molar-refractivity contribution in [2.75, 3.05) is 20.9 Å². The normalized spacial score (nSPS) is 11.7. The van der Waals surface area contributed by atoms with Gasteiger partial charge in [-0.1, -0.05) is 54.4 Å². The molecule has 4 aromatic rings. The van der Waals surface area contributed by atoms with Crippen molar-refractivity contribution in [2.24, 2.45) is 0 Å². The molecule has 0 saturated heterocycles. The second-order valence-corrected chi connectivity index (χ2v) is 17.3. The molecule has 1 amide bonds. The Kier molecular flexibility index (Phi) is 9.57. The number of amides is 1. The molecule has 0 N–H and O–H groups in total. The first-order chi connectivity index (χ1) is 19.1. The maximum Gasteiger partial charge on any atom is 0.334 e. The third-order valence-electron chi connectivity index (χ3n) is 6.03. The van der Waals surface area contributed by atoms with Gasteiger partial charge in [0.1, 0.15) is 12.2 Å². The highest BCUT2D eigenvalue weighted by atomic mass is 32.2. The Morgan fingerprint density at radius 3 is 2.55 bits per heavy atom. The fourth-order valence-electron chi connectivity index (χ4n) is 3.92. The molecule has 2 aromatic carbocycles. The molecule has 0 saturated carbocycles. The van der Waals surface area contributed by atoms with E-state index in [9.17, 15) is 9.59 Å². The lowest BCUT2D eigenvalue weighted by Crippen LogP contribution is -2.28. The van der Waals surface area contributed by atoms with E-state index in [1.54, 1.807) is 26.4 Å². The number of aromatic nitrogens is 3. The van der Waals surface area contributed by atoms with E-state index in [0.29, 0.717) is 23.2 Å². The number of fused-ring (bicyclic) bond motifs is 1. The molecule has 0 aliphatic rings. The van der Waals surface area contributed by atoms with Crippen LogP contribution >= 0.6 is 11.8 Å². The third kappa shape index (κ3) is 7.68. The number of carbonyl (C=O) groups is 2. The van der Waals surface area contributed by atoms with Gasteiger partial charge in [-0.2, -0.15) is 0 Å². The second-order valence-electron chi connectivity index (χ2n) is 10.6. The van der Waals surface area contributed by atoms with Gasteiger partial charge < -0.3 is 14.5 Å². The fourth-order valence-corrected chi connectivity index (χ4v) is 5.85. The Hall–Kier alpha value is -3.73. The first-order valence-corrected chi connectivity index (χ1v) is 17.5. The monoisotopic (exact) mass is 574 g/mol. The Morgan fingerprint density at radius 1 is 1.05 bits per heavy atom. The van der Waals surface area contributed by atoms with Crippen molar-refractivity contribution >= 4 is 54.8 Å². The van der Waals surface area contributed by atoms with Gasteiger partial charge in [-0.05, 0) is 60.7 Å². The van der Waals surface area contributed by atoms with Crippen LogP contribution in [-0.2, 0) is 9.53 Å². The van der Waals surface area contributed by atoms with E-state index in [4.69, 9.17) is 9.57 Å². The summed E-state index contributed by atoms with van der Waals surface area (Å²) >= 11 is 1.46. The molecule has 0 aliphatic carbocycles. The third-order valence-corrected chi connectivity index (χ3v) is 8.85. The minimum Gasteiger partial charge on any atom is -0.364 e. The maximum absolute atomic E-state index is 13.0. The van der Waals surface area contributed by atoms with Crippen LogP contribution in [0.25, 0.3) is 23.1 Å². The molecule has 8 nitrogen and oxygen atoms in total. The molecule has 2 aromatic heterocycles. The zero-order valence-electron chi connectivity index (χ0n) is 23.5. The molecule has 0 aliphatic heterocycles. The van der Waals surface area contributed by atoms with E-state index in [0.717, 1.165) is 26.9 Å². The summed E-state index contributed by atoms with van der Waals surface area (Å²) in [5, 5.41) is 5.44. The topological polar surface area (TPSA) is 86.6 Å². The second kappa shape index (κ2) is 13.1. The van der Waals surface area contributed by atoms with Crippen molar-refractivity contribution in [3.05, 3.63) is 83.8 Å². The Morgan fingerprint density at radius 2 is 1.82 bits per heavy atom. The number of methoxy groups -OCH3 is 1. The van der Waals surface area contributed by atoms with Crippen molar-refractivity contribution in [3.63, 3.8) is 0 Å². The van der Waals surface area contributed by atoms with E-state index in [1.165, 1.54) is 21.5 Å². The SMILES string of the molecule is COCN(C)C(=O)c1ccccc1Sc1ccc2c(/C=C/c3ccccn3)nn(OC(=O)CC[Si](C)(C)C)c2c1. The average Bonchev–Trinajstić information content (AvgIpc) is 3.27. The summed E-state index contributed by atoms with van der Waals surface area (Å²) in [5.74, 6) is -0.448. The summed E-state index contributed by atoms with van der Waals surface area (Å²) in [7, 11) is 1.85. The number of pyridine rings is 1. The number of benzene rings is 2. The molecule has 0 atom stereocenters. The number of hydrogen-bond donors (Lipinski definition) is 0. The van der Waals surface area contributed by atoms with Gasteiger partial charge in [0.2, 0.25) is 0 Å². The highest BCUT2D eigenvalue weighted by molar-refractivity contribution is 7.99. The zero-order valence-corrected chi connectivity index (χ0v) is 25.3.